The zero-order chi connectivity index (χ0) is 12.3. The van der Waals surface area contributed by atoms with Gasteiger partial charge >= 0.3 is 22.9 Å². The second kappa shape index (κ2) is 8.35. The summed E-state index contributed by atoms with van der Waals surface area (Å²) in [6.07, 6.45) is 0. The molecular weight excluding hydrogens is 277 g/mol. The van der Waals surface area contributed by atoms with Crippen LogP contribution in [0, 0.1) is 0 Å². The van der Waals surface area contributed by atoms with Crippen molar-refractivity contribution in [2.24, 2.45) is 10.2 Å². The Kier molecular flexibility index (Phi) is 6.51. The predicted molar refractivity (Wildman–Crippen MR) is 64.2 cm³/mol. The number of nitrogens with zero attached hydrogens (tertiary/aromatic N) is 2. The second-order valence-corrected chi connectivity index (χ2v) is 3.30. The molecule has 0 aliphatic rings. The minimum atomic E-state index is -2.00. The van der Waals surface area contributed by atoms with Gasteiger partial charge in [-0.3, -0.25) is 0 Å². The maximum Gasteiger partial charge on any atom is 0.0857 e. The fourth-order valence-electron chi connectivity index (χ4n) is 1.10. The predicted octanol–water partition coefficient (Wildman–Crippen LogP) is 3.48. The van der Waals surface area contributed by atoms with Crippen LogP contribution in [0.1, 0.15) is 0 Å². The number of azo groups is 1. The molecular formula is C12H10GeN2O2. The van der Waals surface area contributed by atoms with E-state index in [0.29, 0.717) is 0 Å². The summed E-state index contributed by atoms with van der Waals surface area (Å²) in [6.45, 7) is 0. The van der Waals surface area contributed by atoms with Crippen LogP contribution in [0.15, 0.2) is 70.9 Å². The monoisotopic (exact) mass is 288 g/mol. The van der Waals surface area contributed by atoms with Crippen LogP contribution in [0.2, 0.25) is 0 Å². The third-order valence-electron chi connectivity index (χ3n) is 1.79. The maximum atomic E-state index is 8.50. The van der Waals surface area contributed by atoms with E-state index in [1.54, 1.807) is 0 Å². The van der Waals surface area contributed by atoms with Gasteiger partial charge in [-0.1, -0.05) is 36.4 Å². The molecule has 0 fully saturated rings. The average Bonchev–Trinajstić information content (AvgIpc) is 2.40. The van der Waals surface area contributed by atoms with E-state index in [4.69, 9.17) is 7.56 Å². The normalized spacial score (nSPS) is 9.18. The van der Waals surface area contributed by atoms with Crippen molar-refractivity contribution in [3.63, 3.8) is 0 Å². The maximum absolute atomic E-state index is 8.50. The molecule has 0 unspecified atom stereocenters. The molecule has 0 N–H and O–H groups in total. The minimum absolute atomic E-state index is 0.872. The van der Waals surface area contributed by atoms with Crippen molar-refractivity contribution in [3.05, 3.63) is 60.7 Å². The van der Waals surface area contributed by atoms with Gasteiger partial charge in [-0.25, -0.2) is 0 Å². The largest absolute Gasteiger partial charge is 0.151 e. The van der Waals surface area contributed by atoms with Crippen molar-refractivity contribution >= 4 is 26.7 Å². The Balaban J connectivity index is 0.000000437. The van der Waals surface area contributed by atoms with Gasteiger partial charge in [0.2, 0.25) is 0 Å². The summed E-state index contributed by atoms with van der Waals surface area (Å²) in [7, 11) is 0. The van der Waals surface area contributed by atoms with Gasteiger partial charge < -0.3 is 0 Å². The molecule has 0 amide bonds. The van der Waals surface area contributed by atoms with Crippen LogP contribution in [0.3, 0.4) is 0 Å². The first-order chi connectivity index (χ1) is 8.36. The van der Waals surface area contributed by atoms with Crippen molar-refractivity contribution in [2.45, 2.75) is 0 Å². The summed E-state index contributed by atoms with van der Waals surface area (Å²) in [5, 5.41) is 8.20. The summed E-state index contributed by atoms with van der Waals surface area (Å²) in [6, 6.07) is 19.4. The van der Waals surface area contributed by atoms with Gasteiger partial charge in [0, 0.05) is 0 Å². The Labute approximate surface area is 105 Å². The molecule has 84 valence electrons. The van der Waals surface area contributed by atoms with Crippen LogP contribution in [-0.4, -0.2) is 15.3 Å². The molecule has 0 saturated heterocycles. The van der Waals surface area contributed by atoms with Crippen molar-refractivity contribution in [1.82, 2.24) is 0 Å². The number of hydrogen-bond donors (Lipinski definition) is 0. The average molecular weight is 287 g/mol. The zero-order valence-corrected chi connectivity index (χ0v) is 11.1. The molecule has 2 aromatic rings. The Morgan fingerprint density at radius 3 is 1.24 bits per heavy atom. The van der Waals surface area contributed by atoms with Crippen LogP contribution in [-0.2, 0) is 7.56 Å². The van der Waals surface area contributed by atoms with Crippen LogP contribution >= 0.6 is 0 Å². The van der Waals surface area contributed by atoms with Gasteiger partial charge in [0.05, 0.1) is 11.4 Å². The molecule has 2 aromatic carbocycles. The van der Waals surface area contributed by atoms with E-state index in [9.17, 15) is 0 Å². The standard InChI is InChI=1S/C12H10N2.GeO2/c1-3-7-11(8-4-1)13-14-12-9-5-2-6-10-12;2-1-3/h1-10H;/b14-13+;. The van der Waals surface area contributed by atoms with Crippen molar-refractivity contribution in [2.75, 3.05) is 0 Å². The summed E-state index contributed by atoms with van der Waals surface area (Å²) in [4.78, 5) is 0. The van der Waals surface area contributed by atoms with Crippen LogP contribution in [0.5, 0.6) is 0 Å². The van der Waals surface area contributed by atoms with E-state index in [1.807, 2.05) is 60.7 Å². The summed E-state index contributed by atoms with van der Waals surface area (Å²) < 4.78 is 17.0. The van der Waals surface area contributed by atoms with E-state index in [1.165, 1.54) is 0 Å². The fourth-order valence-corrected chi connectivity index (χ4v) is 1.10. The molecule has 0 bridgehead atoms. The molecule has 0 aliphatic heterocycles. The number of rotatable bonds is 2. The first kappa shape index (κ1) is 13.2. The molecule has 0 heterocycles. The SMILES string of the molecule is [O]=[Ge]=[O].c1ccc(/N=N/c2ccccc2)cc1. The van der Waals surface area contributed by atoms with E-state index >= 15 is 0 Å². The minimum Gasteiger partial charge on any atom is -0.151 e. The molecule has 0 radical (unpaired) electrons. The first-order valence-corrected chi connectivity index (χ1v) is 6.59. The molecule has 0 saturated carbocycles. The van der Waals surface area contributed by atoms with Crippen molar-refractivity contribution in [1.29, 1.82) is 0 Å². The van der Waals surface area contributed by atoms with Crippen LogP contribution in [0.4, 0.5) is 11.4 Å². The van der Waals surface area contributed by atoms with Gasteiger partial charge in [0.1, 0.15) is 0 Å². The fraction of sp³-hybridized carbons (Fsp3) is 0. The Hall–Kier alpha value is -1.82. The zero-order valence-electron chi connectivity index (χ0n) is 8.98. The van der Waals surface area contributed by atoms with Crippen molar-refractivity contribution < 1.29 is 7.56 Å². The Morgan fingerprint density at radius 2 is 0.941 bits per heavy atom. The van der Waals surface area contributed by atoms with Crippen LogP contribution < -0.4 is 0 Å². The molecule has 0 aliphatic carbocycles. The molecule has 0 aromatic heterocycles. The summed E-state index contributed by atoms with van der Waals surface area (Å²) >= 11 is -2.00. The van der Waals surface area contributed by atoms with Crippen LogP contribution in [0.25, 0.3) is 0 Å². The topological polar surface area (TPSA) is 58.9 Å². The summed E-state index contributed by atoms with van der Waals surface area (Å²) in [5.41, 5.74) is 1.74. The van der Waals surface area contributed by atoms with Gasteiger partial charge in [0.25, 0.3) is 0 Å². The summed E-state index contributed by atoms with van der Waals surface area (Å²) in [5.74, 6) is 0. The Bertz CT molecular complexity index is 453. The van der Waals surface area contributed by atoms with E-state index in [-0.39, 0.29) is 0 Å². The third-order valence-corrected chi connectivity index (χ3v) is 1.79. The van der Waals surface area contributed by atoms with Gasteiger partial charge in [-0.2, -0.15) is 10.2 Å². The molecule has 2 rings (SSSR count). The van der Waals surface area contributed by atoms with Gasteiger partial charge in [-0.05, 0) is 24.3 Å². The van der Waals surface area contributed by atoms with Crippen molar-refractivity contribution in [3.8, 4) is 0 Å². The molecule has 5 heteroatoms. The number of hydrogen-bond acceptors (Lipinski definition) is 4. The van der Waals surface area contributed by atoms with E-state index in [0.717, 1.165) is 11.4 Å². The number of benzene rings is 2. The van der Waals surface area contributed by atoms with E-state index in [2.05, 4.69) is 10.2 Å². The van der Waals surface area contributed by atoms with Gasteiger partial charge in [-0.15, -0.1) is 0 Å². The van der Waals surface area contributed by atoms with E-state index < -0.39 is 15.3 Å². The molecule has 0 atom stereocenters. The smallest absolute Gasteiger partial charge is 0.0857 e. The molecule has 0 spiro atoms. The second-order valence-electron chi connectivity index (χ2n) is 2.95. The third kappa shape index (κ3) is 5.72. The molecule has 17 heavy (non-hydrogen) atoms. The van der Waals surface area contributed by atoms with Gasteiger partial charge in [0.15, 0.2) is 0 Å². The Morgan fingerprint density at radius 1 is 0.647 bits per heavy atom. The molecule has 4 nitrogen and oxygen atoms in total. The quantitative estimate of drug-likeness (QED) is 0.627. The first-order valence-electron chi connectivity index (χ1n) is 4.88.